The standard InChI is InChI=1S/C23H30N6O/c1-16(2)29-13-17(10-25-29)12-28-14-20(19-8-5-9-24-11-19)21(15-28)23-26-22(27-30-23)18-6-3-4-7-18/h5,8-11,13,16,18,20-21H,3-4,6-7,12,14-15H2,1-2H3/t20-,21+/m0/s1. The van der Waals surface area contributed by atoms with E-state index in [2.05, 4.69) is 46.2 Å². The fraction of sp³-hybridized carbons (Fsp3) is 0.565. The molecule has 3 aromatic heterocycles. The highest BCUT2D eigenvalue weighted by molar-refractivity contribution is 5.23. The average molecular weight is 407 g/mol. The first-order valence-electron chi connectivity index (χ1n) is 11.2. The molecule has 4 heterocycles. The zero-order valence-electron chi connectivity index (χ0n) is 17.8. The molecular weight excluding hydrogens is 376 g/mol. The highest BCUT2D eigenvalue weighted by atomic mass is 16.5. The normalized spacial score (nSPS) is 23.0. The molecule has 0 amide bonds. The molecule has 0 spiro atoms. The quantitative estimate of drug-likeness (QED) is 0.608. The zero-order valence-corrected chi connectivity index (χ0v) is 17.8. The Morgan fingerprint density at radius 1 is 1.13 bits per heavy atom. The molecule has 0 bridgehead atoms. The first-order valence-corrected chi connectivity index (χ1v) is 11.2. The molecule has 30 heavy (non-hydrogen) atoms. The largest absolute Gasteiger partial charge is 0.339 e. The van der Waals surface area contributed by atoms with Crippen molar-refractivity contribution < 1.29 is 4.52 Å². The van der Waals surface area contributed by atoms with Gasteiger partial charge in [0.05, 0.1) is 12.1 Å². The number of likely N-dealkylation sites (tertiary alicyclic amines) is 1. The summed E-state index contributed by atoms with van der Waals surface area (Å²) < 4.78 is 7.84. The van der Waals surface area contributed by atoms with Crippen LogP contribution in [0.4, 0.5) is 0 Å². The third-order valence-electron chi connectivity index (χ3n) is 6.59. The highest BCUT2D eigenvalue weighted by Crippen LogP contribution is 2.40. The smallest absolute Gasteiger partial charge is 0.231 e. The van der Waals surface area contributed by atoms with E-state index in [0.717, 1.165) is 31.3 Å². The van der Waals surface area contributed by atoms with Crippen molar-refractivity contribution in [2.45, 2.75) is 69.9 Å². The van der Waals surface area contributed by atoms with Crippen molar-refractivity contribution in [3.63, 3.8) is 0 Å². The number of rotatable bonds is 6. The summed E-state index contributed by atoms with van der Waals surface area (Å²) in [6.07, 6.45) is 12.9. The fourth-order valence-electron chi connectivity index (χ4n) is 4.95. The Labute approximate surface area is 177 Å². The van der Waals surface area contributed by atoms with Crippen molar-refractivity contribution in [3.05, 3.63) is 59.8 Å². The molecular formula is C23H30N6O. The maximum atomic E-state index is 5.82. The van der Waals surface area contributed by atoms with E-state index in [-0.39, 0.29) is 5.92 Å². The van der Waals surface area contributed by atoms with Gasteiger partial charge in [-0.25, -0.2) is 0 Å². The number of pyridine rings is 1. The van der Waals surface area contributed by atoms with Gasteiger partial charge in [0.2, 0.25) is 5.89 Å². The molecule has 5 rings (SSSR count). The molecule has 2 aliphatic rings. The Morgan fingerprint density at radius 3 is 2.70 bits per heavy atom. The molecule has 158 valence electrons. The molecule has 2 atom stereocenters. The molecule has 0 aromatic carbocycles. The topological polar surface area (TPSA) is 72.9 Å². The Kier molecular flexibility index (Phi) is 5.37. The lowest BCUT2D eigenvalue weighted by molar-refractivity contribution is 0.308. The molecule has 7 nitrogen and oxygen atoms in total. The van der Waals surface area contributed by atoms with E-state index in [9.17, 15) is 0 Å². The van der Waals surface area contributed by atoms with Crippen LogP contribution in [0.3, 0.4) is 0 Å². The molecule has 0 unspecified atom stereocenters. The van der Waals surface area contributed by atoms with Gasteiger partial charge in [-0.15, -0.1) is 0 Å². The molecule has 1 saturated heterocycles. The van der Waals surface area contributed by atoms with Crippen LogP contribution >= 0.6 is 0 Å². The average Bonchev–Trinajstić information content (AvgIpc) is 3.54. The van der Waals surface area contributed by atoms with Crippen LogP contribution < -0.4 is 0 Å². The predicted octanol–water partition coefficient (Wildman–Crippen LogP) is 4.28. The number of nitrogens with zero attached hydrogens (tertiary/aromatic N) is 6. The highest BCUT2D eigenvalue weighted by Gasteiger charge is 2.39. The van der Waals surface area contributed by atoms with Gasteiger partial charge in [0.15, 0.2) is 5.82 Å². The Balaban J connectivity index is 1.37. The SMILES string of the molecule is CC(C)n1cc(CN2C[C@@H](c3cccnc3)[C@H](c3nc(C4CCCC4)no3)C2)cn1. The van der Waals surface area contributed by atoms with Crippen molar-refractivity contribution in [1.29, 1.82) is 0 Å². The van der Waals surface area contributed by atoms with Gasteiger partial charge in [-0.3, -0.25) is 14.6 Å². The third kappa shape index (κ3) is 3.90. The molecule has 1 aliphatic heterocycles. The van der Waals surface area contributed by atoms with E-state index >= 15 is 0 Å². The van der Waals surface area contributed by atoms with Gasteiger partial charge < -0.3 is 4.52 Å². The van der Waals surface area contributed by atoms with E-state index in [1.807, 2.05) is 29.3 Å². The van der Waals surface area contributed by atoms with Crippen molar-refractivity contribution in [2.75, 3.05) is 13.1 Å². The molecule has 7 heteroatoms. The predicted molar refractivity (Wildman–Crippen MR) is 113 cm³/mol. The number of hydrogen-bond donors (Lipinski definition) is 0. The van der Waals surface area contributed by atoms with Gasteiger partial charge in [0.25, 0.3) is 0 Å². The minimum Gasteiger partial charge on any atom is -0.339 e. The minimum absolute atomic E-state index is 0.192. The van der Waals surface area contributed by atoms with Gasteiger partial charge in [-0.1, -0.05) is 24.1 Å². The summed E-state index contributed by atoms with van der Waals surface area (Å²) in [5, 5.41) is 8.87. The van der Waals surface area contributed by atoms with Crippen molar-refractivity contribution in [2.24, 2.45) is 0 Å². The molecule has 0 radical (unpaired) electrons. The van der Waals surface area contributed by atoms with Crippen molar-refractivity contribution in [3.8, 4) is 0 Å². The monoisotopic (exact) mass is 406 g/mol. The summed E-state index contributed by atoms with van der Waals surface area (Å²) in [4.78, 5) is 11.7. The second kappa shape index (κ2) is 8.30. The van der Waals surface area contributed by atoms with Gasteiger partial charge in [-0.05, 0) is 38.3 Å². The fourth-order valence-corrected chi connectivity index (χ4v) is 4.95. The van der Waals surface area contributed by atoms with Gasteiger partial charge >= 0.3 is 0 Å². The van der Waals surface area contributed by atoms with Crippen LogP contribution in [0, 0.1) is 0 Å². The molecule has 3 aromatic rings. The van der Waals surface area contributed by atoms with Crippen LogP contribution in [0.15, 0.2) is 41.4 Å². The maximum absolute atomic E-state index is 5.82. The lowest BCUT2D eigenvalue weighted by atomic mass is 9.90. The Bertz CT molecular complexity index is 959. The first kappa shape index (κ1) is 19.4. The summed E-state index contributed by atoms with van der Waals surface area (Å²) in [6.45, 7) is 7.03. The molecule has 1 saturated carbocycles. The van der Waals surface area contributed by atoms with Crippen molar-refractivity contribution in [1.82, 2.24) is 29.8 Å². The molecule has 2 fully saturated rings. The van der Waals surface area contributed by atoms with E-state index in [4.69, 9.17) is 9.51 Å². The first-order chi connectivity index (χ1) is 14.7. The minimum atomic E-state index is 0.192. The lowest BCUT2D eigenvalue weighted by Gasteiger charge is -2.15. The van der Waals surface area contributed by atoms with E-state index in [0.29, 0.717) is 17.9 Å². The Hall–Kier alpha value is -2.54. The number of aromatic nitrogens is 5. The van der Waals surface area contributed by atoms with Crippen LogP contribution in [0.25, 0.3) is 0 Å². The summed E-state index contributed by atoms with van der Waals surface area (Å²) in [5.41, 5.74) is 2.48. The van der Waals surface area contributed by atoms with Gasteiger partial charge in [0.1, 0.15) is 0 Å². The van der Waals surface area contributed by atoms with E-state index in [1.165, 1.54) is 36.8 Å². The summed E-state index contributed by atoms with van der Waals surface area (Å²) in [6, 6.07) is 4.55. The van der Waals surface area contributed by atoms with Crippen LogP contribution in [0.5, 0.6) is 0 Å². The van der Waals surface area contributed by atoms with Gasteiger partial charge in [-0.2, -0.15) is 10.1 Å². The van der Waals surface area contributed by atoms with Crippen LogP contribution in [-0.4, -0.2) is 42.9 Å². The maximum Gasteiger partial charge on any atom is 0.231 e. The van der Waals surface area contributed by atoms with E-state index < -0.39 is 0 Å². The van der Waals surface area contributed by atoms with Crippen molar-refractivity contribution >= 4 is 0 Å². The van der Waals surface area contributed by atoms with Crippen LogP contribution in [0.1, 0.15) is 86.2 Å². The molecule has 1 aliphatic carbocycles. The Morgan fingerprint density at radius 2 is 1.97 bits per heavy atom. The third-order valence-corrected chi connectivity index (χ3v) is 6.59. The molecule has 0 N–H and O–H groups in total. The second-order valence-electron chi connectivity index (χ2n) is 9.09. The second-order valence-corrected chi connectivity index (χ2v) is 9.09. The van der Waals surface area contributed by atoms with Crippen LogP contribution in [0.2, 0.25) is 0 Å². The van der Waals surface area contributed by atoms with E-state index in [1.54, 1.807) is 0 Å². The summed E-state index contributed by atoms with van der Waals surface area (Å²) in [5.74, 6) is 2.65. The number of hydrogen-bond acceptors (Lipinski definition) is 6. The van der Waals surface area contributed by atoms with Gasteiger partial charge in [0, 0.05) is 61.7 Å². The van der Waals surface area contributed by atoms with Crippen LogP contribution in [-0.2, 0) is 6.54 Å². The zero-order chi connectivity index (χ0) is 20.5. The lowest BCUT2D eigenvalue weighted by Crippen LogP contribution is -2.20. The summed E-state index contributed by atoms with van der Waals surface area (Å²) in [7, 11) is 0. The summed E-state index contributed by atoms with van der Waals surface area (Å²) >= 11 is 0.